The van der Waals surface area contributed by atoms with Crippen LogP contribution in [0.3, 0.4) is 0 Å². The molecule has 0 aliphatic carbocycles. The molecule has 15 heteroatoms. The second kappa shape index (κ2) is 16.2. The lowest BCUT2D eigenvalue weighted by atomic mass is 10.0. The van der Waals surface area contributed by atoms with E-state index in [4.69, 9.17) is 27.1 Å². The van der Waals surface area contributed by atoms with Crippen LogP contribution in [-0.4, -0.2) is 88.3 Å². The molecular weight excluding hydrogens is 466 g/mol. The van der Waals surface area contributed by atoms with Crippen LogP contribution in [0.2, 0.25) is 0 Å². The van der Waals surface area contributed by atoms with Crippen molar-refractivity contribution in [3.8, 4) is 0 Å². The Labute approximate surface area is 202 Å². The van der Waals surface area contributed by atoms with Crippen molar-refractivity contribution in [1.82, 2.24) is 21.3 Å². The van der Waals surface area contributed by atoms with Crippen LogP contribution in [0.5, 0.6) is 0 Å². The number of amides is 3. The van der Waals surface area contributed by atoms with Crippen molar-refractivity contribution in [2.75, 3.05) is 13.2 Å². The van der Waals surface area contributed by atoms with Gasteiger partial charge in [-0.1, -0.05) is 13.8 Å². The van der Waals surface area contributed by atoms with Crippen LogP contribution in [0.4, 0.5) is 0 Å². The molecule has 0 aliphatic heterocycles. The second-order valence-corrected chi connectivity index (χ2v) is 8.36. The maximum Gasteiger partial charge on any atom is 0.326 e. The molecule has 0 saturated heterocycles. The lowest BCUT2D eigenvalue weighted by Gasteiger charge is -2.26. The quantitative estimate of drug-likeness (QED) is 0.0543. The predicted molar refractivity (Wildman–Crippen MR) is 124 cm³/mol. The van der Waals surface area contributed by atoms with Crippen LogP contribution in [0.1, 0.15) is 46.0 Å². The molecule has 0 aliphatic rings. The van der Waals surface area contributed by atoms with Crippen LogP contribution >= 0.6 is 0 Å². The number of aliphatic carboxylic acids is 2. The Bertz CT molecular complexity index is 762. The summed E-state index contributed by atoms with van der Waals surface area (Å²) in [4.78, 5) is 60.1. The third-order valence-electron chi connectivity index (χ3n) is 4.75. The van der Waals surface area contributed by atoms with Gasteiger partial charge in [-0.2, -0.15) is 0 Å². The van der Waals surface area contributed by atoms with Gasteiger partial charge >= 0.3 is 11.9 Å². The molecule has 0 aromatic heterocycles. The molecule has 35 heavy (non-hydrogen) atoms. The fourth-order valence-electron chi connectivity index (χ4n) is 2.93. The third-order valence-corrected chi connectivity index (χ3v) is 4.75. The molecule has 200 valence electrons. The van der Waals surface area contributed by atoms with E-state index in [-0.39, 0.29) is 37.7 Å². The van der Waals surface area contributed by atoms with Gasteiger partial charge in [-0.3, -0.25) is 24.6 Å². The number of aliphatic hydroxyl groups excluding tert-OH is 1. The molecule has 0 radical (unpaired) electrons. The molecule has 12 N–H and O–H groups in total. The number of carboxylic acids is 2. The Morgan fingerprint density at radius 2 is 1.43 bits per heavy atom. The van der Waals surface area contributed by atoms with E-state index < -0.39 is 66.9 Å². The molecule has 0 spiro atoms. The number of nitrogens with two attached hydrogens (primary N) is 2. The number of hydrogen-bond acceptors (Lipinski definition) is 8. The third kappa shape index (κ3) is 13.7. The van der Waals surface area contributed by atoms with Crippen LogP contribution in [-0.2, 0) is 24.0 Å². The molecule has 0 rings (SSSR count). The van der Waals surface area contributed by atoms with Crippen molar-refractivity contribution in [3.63, 3.8) is 0 Å². The van der Waals surface area contributed by atoms with E-state index >= 15 is 0 Å². The summed E-state index contributed by atoms with van der Waals surface area (Å²) >= 11 is 0. The lowest BCUT2D eigenvalue weighted by molar-refractivity contribution is -0.143. The first kappa shape index (κ1) is 31.5. The van der Waals surface area contributed by atoms with Crippen molar-refractivity contribution >= 4 is 35.6 Å². The molecular formula is C20H37N7O8. The first-order chi connectivity index (χ1) is 16.3. The number of nitrogens with one attached hydrogen (secondary N) is 5. The van der Waals surface area contributed by atoms with E-state index in [0.717, 1.165) is 0 Å². The van der Waals surface area contributed by atoms with Crippen molar-refractivity contribution < 1.29 is 39.3 Å². The number of carboxylic acid groups (broad SMARTS) is 2. The maximum atomic E-state index is 13.0. The minimum absolute atomic E-state index is 0.0718. The van der Waals surface area contributed by atoms with E-state index in [0.29, 0.717) is 6.42 Å². The van der Waals surface area contributed by atoms with Gasteiger partial charge in [0.15, 0.2) is 5.96 Å². The fraction of sp³-hybridized carbons (Fsp3) is 0.700. The topological polar surface area (TPSA) is 270 Å². The average Bonchev–Trinajstić information content (AvgIpc) is 2.76. The number of carbonyl (C=O) groups is 5. The van der Waals surface area contributed by atoms with Gasteiger partial charge in [0.1, 0.15) is 24.2 Å². The summed E-state index contributed by atoms with van der Waals surface area (Å²) in [6, 6.07) is -5.07. The summed E-state index contributed by atoms with van der Waals surface area (Å²) in [6.07, 6.45) is -0.330. The van der Waals surface area contributed by atoms with Gasteiger partial charge in [0, 0.05) is 13.0 Å². The highest BCUT2D eigenvalue weighted by atomic mass is 16.4. The number of guanidine groups is 1. The average molecular weight is 504 g/mol. The van der Waals surface area contributed by atoms with E-state index in [1.54, 1.807) is 13.8 Å². The van der Waals surface area contributed by atoms with Crippen LogP contribution in [0.25, 0.3) is 0 Å². The zero-order valence-electron chi connectivity index (χ0n) is 19.9. The van der Waals surface area contributed by atoms with E-state index in [9.17, 15) is 29.1 Å². The Morgan fingerprint density at radius 3 is 1.91 bits per heavy atom. The molecule has 4 atom stereocenters. The van der Waals surface area contributed by atoms with Crippen LogP contribution in [0, 0.1) is 11.3 Å². The zero-order valence-corrected chi connectivity index (χ0v) is 19.9. The normalized spacial score (nSPS) is 14.2. The number of hydrogen-bond donors (Lipinski definition) is 10. The molecule has 15 nitrogen and oxygen atoms in total. The largest absolute Gasteiger partial charge is 0.481 e. The van der Waals surface area contributed by atoms with Crippen LogP contribution in [0.15, 0.2) is 0 Å². The lowest BCUT2D eigenvalue weighted by Crippen LogP contribution is -2.57. The first-order valence-corrected chi connectivity index (χ1v) is 11.1. The van der Waals surface area contributed by atoms with Gasteiger partial charge in [-0.25, -0.2) is 4.79 Å². The standard InChI is InChI=1S/C20H37N7O8/c1-10(2)8-14(18(33)26-13(19(34)35)5-6-15(29)30)27-17(32)12(4-3-7-24-20(22)23)25-16(31)11(21)9-28/h10-14,28H,3-9,21H2,1-2H3,(H,25,31)(H,26,33)(H,27,32)(H,29,30)(H,34,35)(H4,22,23,24)/t11-,12-,13-,14-/m0/s1. The summed E-state index contributed by atoms with van der Waals surface area (Å²) in [5.74, 6) is -5.38. The Hall–Kier alpha value is -3.46. The van der Waals surface area contributed by atoms with E-state index in [1.807, 2.05) is 0 Å². The minimum atomic E-state index is -1.47. The zero-order chi connectivity index (χ0) is 27.1. The molecule has 0 fully saturated rings. The highest BCUT2D eigenvalue weighted by Crippen LogP contribution is 2.08. The van der Waals surface area contributed by atoms with Gasteiger partial charge < -0.3 is 48.1 Å². The molecule has 0 unspecified atom stereocenters. The van der Waals surface area contributed by atoms with Gasteiger partial charge in [0.2, 0.25) is 17.7 Å². The molecule has 0 saturated carbocycles. The number of rotatable bonds is 17. The van der Waals surface area contributed by atoms with Gasteiger partial charge in [0.05, 0.1) is 6.61 Å². The van der Waals surface area contributed by atoms with Crippen molar-refractivity contribution in [2.45, 2.75) is 70.1 Å². The highest BCUT2D eigenvalue weighted by molar-refractivity contribution is 5.94. The monoisotopic (exact) mass is 503 g/mol. The van der Waals surface area contributed by atoms with Crippen molar-refractivity contribution in [2.24, 2.45) is 17.4 Å². The second-order valence-electron chi connectivity index (χ2n) is 8.36. The molecule has 0 aromatic rings. The van der Waals surface area contributed by atoms with Gasteiger partial charge in [0.25, 0.3) is 0 Å². The number of aliphatic hydroxyl groups is 1. The predicted octanol–water partition coefficient (Wildman–Crippen LogP) is -2.98. The summed E-state index contributed by atoms with van der Waals surface area (Å²) in [6.45, 7) is 3.12. The number of carbonyl (C=O) groups excluding carboxylic acids is 3. The molecule has 0 aromatic carbocycles. The van der Waals surface area contributed by atoms with Crippen LogP contribution < -0.4 is 32.7 Å². The summed E-state index contributed by atoms with van der Waals surface area (Å²) < 4.78 is 0. The SMILES string of the molecule is CC(C)C[C@H](NC(=O)[C@H](CCCNC(=N)N)NC(=O)[C@@H](N)CO)C(=O)N[C@@H](CCC(=O)O)C(=O)O. The molecule has 0 bridgehead atoms. The Balaban J connectivity index is 5.50. The smallest absolute Gasteiger partial charge is 0.326 e. The molecule has 0 heterocycles. The first-order valence-electron chi connectivity index (χ1n) is 11.1. The Kier molecular flexibility index (Phi) is 14.6. The van der Waals surface area contributed by atoms with E-state index in [1.165, 1.54) is 0 Å². The minimum Gasteiger partial charge on any atom is -0.481 e. The molecule has 3 amide bonds. The highest BCUT2D eigenvalue weighted by Gasteiger charge is 2.30. The maximum absolute atomic E-state index is 13.0. The van der Waals surface area contributed by atoms with Crippen molar-refractivity contribution in [3.05, 3.63) is 0 Å². The van der Waals surface area contributed by atoms with Gasteiger partial charge in [-0.05, 0) is 31.6 Å². The summed E-state index contributed by atoms with van der Waals surface area (Å²) in [7, 11) is 0. The van der Waals surface area contributed by atoms with E-state index in [2.05, 4.69) is 21.3 Å². The summed E-state index contributed by atoms with van der Waals surface area (Å²) in [5.41, 5.74) is 10.7. The van der Waals surface area contributed by atoms with Crippen molar-refractivity contribution in [1.29, 1.82) is 5.41 Å². The summed E-state index contributed by atoms with van der Waals surface area (Å²) in [5, 5.41) is 44.0. The Morgan fingerprint density at radius 1 is 0.886 bits per heavy atom. The fourth-order valence-corrected chi connectivity index (χ4v) is 2.93. The van der Waals surface area contributed by atoms with Gasteiger partial charge in [-0.15, -0.1) is 0 Å².